The number of rotatable bonds is 4. The first kappa shape index (κ1) is 17.0. The van der Waals surface area contributed by atoms with E-state index in [1.807, 2.05) is 30.3 Å². The maximum Gasteiger partial charge on any atom is 0.284 e. The van der Waals surface area contributed by atoms with Gasteiger partial charge in [-0.15, -0.1) is 11.3 Å². The lowest BCUT2D eigenvalue weighted by Crippen LogP contribution is -2.27. The molecular formula is C19H15ClN2O3S. The molecule has 0 spiro atoms. The molecule has 1 fully saturated rings. The van der Waals surface area contributed by atoms with E-state index in [4.69, 9.17) is 16.8 Å². The summed E-state index contributed by atoms with van der Waals surface area (Å²) in [5, 5.41) is 13.3. The van der Waals surface area contributed by atoms with Crippen LogP contribution in [0, 0.1) is 0 Å². The van der Waals surface area contributed by atoms with Crippen molar-refractivity contribution in [1.82, 2.24) is 5.48 Å². The minimum absolute atomic E-state index is 0.0379. The molecule has 0 radical (unpaired) electrons. The number of anilines is 1. The average molecular weight is 387 g/mol. The number of thiophene rings is 1. The molecule has 26 heavy (non-hydrogen) atoms. The Balaban J connectivity index is 1.57. The number of nitrogens with one attached hydrogen (secondary N) is 2. The highest BCUT2D eigenvalue weighted by molar-refractivity contribution is 7.20. The van der Waals surface area contributed by atoms with Gasteiger partial charge in [0, 0.05) is 15.4 Å². The van der Waals surface area contributed by atoms with Gasteiger partial charge in [-0.25, -0.2) is 5.48 Å². The number of hydrogen-bond donors (Lipinski definition) is 3. The van der Waals surface area contributed by atoms with Crippen LogP contribution in [-0.4, -0.2) is 17.0 Å². The van der Waals surface area contributed by atoms with Gasteiger partial charge in [0.1, 0.15) is 0 Å². The predicted molar refractivity (Wildman–Crippen MR) is 102 cm³/mol. The van der Waals surface area contributed by atoms with E-state index in [-0.39, 0.29) is 5.91 Å². The average Bonchev–Trinajstić information content (AvgIpc) is 3.35. The quantitative estimate of drug-likeness (QED) is 0.461. The molecule has 0 atom stereocenters. The second kappa shape index (κ2) is 6.39. The van der Waals surface area contributed by atoms with Crippen molar-refractivity contribution in [3.63, 3.8) is 0 Å². The Labute approximate surface area is 158 Å². The second-order valence-corrected chi connectivity index (χ2v) is 7.87. The molecule has 3 aromatic rings. The van der Waals surface area contributed by atoms with E-state index >= 15 is 0 Å². The summed E-state index contributed by atoms with van der Waals surface area (Å²) in [5.41, 5.74) is 2.79. The number of hydroxylamine groups is 1. The van der Waals surface area contributed by atoms with Crippen LogP contribution in [0.1, 0.15) is 28.1 Å². The van der Waals surface area contributed by atoms with Gasteiger partial charge in [-0.1, -0.05) is 29.8 Å². The Morgan fingerprint density at radius 3 is 2.46 bits per heavy atom. The first-order valence-corrected chi connectivity index (χ1v) is 9.27. The fourth-order valence-electron chi connectivity index (χ4n) is 3.07. The van der Waals surface area contributed by atoms with E-state index in [0.29, 0.717) is 15.6 Å². The van der Waals surface area contributed by atoms with Crippen molar-refractivity contribution < 1.29 is 14.8 Å². The summed E-state index contributed by atoms with van der Waals surface area (Å²) >= 11 is 7.19. The molecule has 7 heteroatoms. The predicted octanol–water partition coefficient (Wildman–Crippen LogP) is 4.34. The van der Waals surface area contributed by atoms with Crippen LogP contribution in [0.4, 0.5) is 5.69 Å². The van der Waals surface area contributed by atoms with E-state index in [9.17, 15) is 9.59 Å². The Kier molecular flexibility index (Phi) is 4.19. The molecule has 1 heterocycles. The van der Waals surface area contributed by atoms with Gasteiger partial charge in [-0.05, 0) is 54.1 Å². The zero-order valence-electron chi connectivity index (χ0n) is 13.6. The van der Waals surface area contributed by atoms with Gasteiger partial charge in [0.25, 0.3) is 5.91 Å². The van der Waals surface area contributed by atoms with Crippen molar-refractivity contribution >= 4 is 50.5 Å². The van der Waals surface area contributed by atoms with Crippen molar-refractivity contribution in [2.75, 3.05) is 5.32 Å². The molecule has 1 aliphatic carbocycles. The van der Waals surface area contributed by atoms with E-state index in [2.05, 4.69) is 5.32 Å². The van der Waals surface area contributed by atoms with Gasteiger partial charge in [-0.2, -0.15) is 0 Å². The number of carbonyl (C=O) groups is 2. The molecule has 3 N–H and O–H groups in total. The minimum atomic E-state index is -0.545. The van der Waals surface area contributed by atoms with Crippen LogP contribution in [0.15, 0.2) is 48.5 Å². The van der Waals surface area contributed by atoms with Crippen LogP contribution >= 0.6 is 22.9 Å². The van der Waals surface area contributed by atoms with Crippen molar-refractivity contribution in [3.8, 4) is 0 Å². The zero-order chi connectivity index (χ0) is 18.3. The van der Waals surface area contributed by atoms with E-state index in [1.54, 1.807) is 23.7 Å². The SMILES string of the molecule is O=C(NO)c1cc2ccc(NC(=O)C3(c4ccc(Cl)cc4)CC3)cc2s1. The van der Waals surface area contributed by atoms with Crippen LogP contribution in [0.2, 0.25) is 5.02 Å². The van der Waals surface area contributed by atoms with Crippen LogP contribution in [0.5, 0.6) is 0 Å². The molecule has 0 bridgehead atoms. The molecule has 132 valence electrons. The Morgan fingerprint density at radius 1 is 1.08 bits per heavy atom. The highest BCUT2D eigenvalue weighted by Gasteiger charge is 2.51. The molecule has 2 amide bonds. The summed E-state index contributed by atoms with van der Waals surface area (Å²) in [6, 6.07) is 14.6. The third-order valence-electron chi connectivity index (χ3n) is 4.68. The van der Waals surface area contributed by atoms with Crippen molar-refractivity contribution in [1.29, 1.82) is 0 Å². The second-order valence-electron chi connectivity index (χ2n) is 6.35. The molecule has 4 rings (SSSR count). The van der Waals surface area contributed by atoms with Gasteiger partial charge in [0.2, 0.25) is 5.91 Å². The molecule has 1 aliphatic rings. The highest BCUT2D eigenvalue weighted by Crippen LogP contribution is 2.49. The standard InChI is InChI=1S/C19H15ClN2O3S/c20-13-4-2-12(3-5-13)19(7-8-19)18(24)21-14-6-1-11-9-16(17(23)22-25)26-15(11)10-14/h1-6,9-10,25H,7-8H2,(H,21,24)(H,22,23). The van der Waals surface area contributed by atoms with Crippen LogP contribution in [0.25, 0.3) is 10.1 Å². The van der Waals surface area contributed by atoms with Crippen LogP contribution in [-0.2, 0) is 10.2 Å². The summed E-state index contributed by atoms with van der Waals surface area (Å²) in [7, 11) is 0. The van der Waals surface area contributed by atoms with Crippen molar-refractivity contribution in [3.05, 3.63) is 64.0 Å². The topological polar surface area (TPSA) is 78.4 Å². The fourth-order valence-corrected chi connectivity index (χ4v) is 4.19. The highest BCUT2D eigenvalue weighted by atomic mass is 35.5. The first-order valence-electron chi connectivity index (χ1n) is 8.07. The molecule has 1 aromatic heterocycles. The van der Waals surface area contributed by atoms with Crippen LogP contribution < -0.4 is 10.8 Å². The molecule has 0 aliphatic heterocycles. The summed E-state index contributed by atoms with van der Waals surface area (Å²) in [6.45, 7) is 0. The van der Waals surface area contributed by atoms with Crippen LogP contribution in [0.3, 0.4) is 0 Å². The maximum atomic E-state index is 12.8. The van der Waals surface area contributed by atoms with Crippen molar-refractivity contribution in [2.45, 2.75) is 18.3 Å². The third-order valence-corrected chi connectivity index (χ3v) is 6.03. The summed E-state index contributed by atoms with van der Waals surface area (Å²) in [6.07, 6.45) is 1.62. The maximum absolute atomic E-state index is 12.8. The molecule has 5 nitrogen and oxygen atoms in total. The van der Waals surface area contributed by atoms with Gasteiger partial charge in [-0.3, -0.25) is 14.8 Å². The third kappa shape index (κ3) is 2.96. The Bertz CT molecular complexity index is 1010. The van der Waals surface area contributed by atoms with E-state index in [0.717, 1.165) is 28.5 Å². The molecule has 0 saturated heterocycles. The molecule has 1 saturated carbocycles. The fraction of sp³-hybridized carbons (Fsp3) is 0.158. The molecule has 0 unspecified atom stereocenters. The van der Waals surface area contributed by atoms with Gasteiger partial charge in [0.05, 0.1) is 10.3 Å². The van der Waals surface area contributed by atoms with Crippen molar-refractivity contribution in [2.24, 2.45) is 0 Å². The summed E-state index contributed by atoms with van der Waals surface area (Å²) < 4.78 is 0.859. The first-order chi connectivity index (χ1) is 12.5. The lowest BCUT2D eigenvalue weighted by Gasteiger charge is -2.16. The summed E-state index contributed by atoms with van der Waals surface area (Å²) in [4.78, 5) is 24.8. The normalized spacial score (nSPS) is 14.8. The Hall–Kier alpha value is -2.41. The largest absolute Gasteiger partial charge is 0.325 e. The summed E-state index contributed by atoms with van der Waals surface area (Å²) in [5.74, 6) is -0.583. The zero-order valence-corrected chi connectivity index (χ0v) is 15.2. The number of benzene rings is 2. The number of halogens is 1. The number of hydrogen-bond acceptors (Lipinski definition) is 4. The molecular weight excluding hydrogens is 372 g/mol. The minimum Gasteiger partial charge on any atom is -0.325 e. The lowest BCUT2D eigenvalue weighted by molar-refractivity contribution is -0.118. The monoisotopic (exact) mass is 386 g/mol. The lowest BCUT2D eigenvalue weighted by atomic mass is 9.95. The smallest absolute Gasteiger partial charge is 0.284 e. The van der Waals surface area contributed by atoms with E-state index < -0.39 is 11.3 Å². The van der Waals surface area contributed by atoms with Gasteiger partial charge < -0.3 is 5.32 Å². The van der Waals surface area contributed by atoms with Gasteiger partial charge >= 0.3 is 0 Å². The number of fused-ring (bicyclic) bond motifs is 1. The number of carbonyl (C=O) groups excluding carboxylic acids is 2. The van der Waals surface area contributed by atoms with Gasteiger partial charge in [0.15, 0.2) is 0 Å². The van der Waals surface area contributed by atoms with E-state index in [1.165, 1.54) is 11.3 Å². The number of amides is 2. The molecule has 2 aromatic carbocycles. The Morgan fingerprint density at radius 2 is 1.81 bits per heavy atom.